The maximum atomic E-state index is 11.4. The summed E-state index contributed by atoms with van der Waals surface area (Å²) >= 11 is 0. The van der Waals surface area contributed by atoms with E-state index >= 15 is 0 Å². The van der Waals surface area contributed by atoms with Crippen LogP contribution in [-0.2, 0) is 9.53 Å². The largest absolute Gasteiger partial charge is 0.480 e. The Bertz CT molecular complexity index is 255. The lowest BCUT2D eigenvalue weighted by Crippen LogP contribution is -2.53. The van der Waals surface area contributed by atoms with Gasteiger partial charge < -0.3 is 9.84 Å². The van der Waals surface area contributed by atoms with Crippen LogP contribution in [0.1, 0.15) is 52.9 Å². The SMILES string of the molecule is CCCCOC1CCC(NC(C)C)(C(=O)O)C1. The van der Waals surface area contributed by atoms with Gasteiger partial charge in [0.05, 0.1) is 6.10 Å². The van der Waals surface area contributed by atoms with Crippen LogP contribution >= 0.6 is 0 Å². The zero-order valence-corrected chi connectivity index (χ0v) is 11.2. The van der Waals surface area contributed by atoms with Crippen LogP contribution in [0.3, 0.4) is 0 Å². The number of carboxylic acid groups (broad SMARTS) is 1. The number of carbonyl (C=O) groups is 1. The van der Waals surface area contributed by atoms with Gasteiger partial charge in [-0.3, -0.25) is 10.1 Å². The van der Waals surface area contributed by atoms with E-state index in [9.17, 15) is 9.90 Å². The van der Waals surface area contributed by atoms with Crippen molar-refractivity contribution in [3.63, 3.8) is 0 Å². The van der Waals surface area contributed by atoms with E-state index in [1.54, 1.807) is 0 Å². The molecular weight excluding hydrogens is 218 g/mol. The molecule has 0 radical (unpaired) electrons. The van der Waals surface area contributed by atoms with Gasteiger partial charge in [-0.1, -0.05) is 13.3 Å². The van der Waals surface area contributed by atoms with E-state index in [2.05, 4.69) is 12.2 Å². The molecule has 0 aromatic heterocycles. The standard InChI is InChI=1S/C13H25NO3/c1-4-5-8-17-11-6-7-13(9-11,12(15)16)14-10(2)3/h10-11,14H,4-9H2,1-3H3,(H,15,16). The molecule has 1 aliphatic rings. The number of carboxylic acids is 1. The van der Waals surface area contributed by atoms with E-state index in [0.29, 0.717) is 12.8 Å². The molecule has 1 rings (SSSR count). The van der Waals surface area contributed by atoms with Gasteiger partial charge >= 0.3 is 5.97 Å². The van der Waals surface area contributed by atoms with E-state index in [4.69, 9.17) is 4.74 Å². The number of hydrogen-bond acceptors (Lipinski definition) is 3. The van der Waals surface area contributed by atoms with Gasteiger partial charge in [0, 0.05) is 19.1 Å². The molecule has 0 aromatic rings. The van der Waals surface area contributed by atoms with Gasteiger partial charge in [0.2, 0.25) is 0 Å². The molecule has 0 heterocycles. The number of aliphatic carboxylic acids is 1. The second kappa shape index (κ2) is 6.36. The van der Waals surface area contributed by atoms with Crippen molar-refractivity contribution in [2.24, 2.45) is 0 Å². The summed E-state index contributed by atoms with van der Waals surface area (Å²) in [6.45, 7) is 6.84. The van der Waals surface area contributed by atoms with Gasteiger partial charge in [-0.2, -0.15) is 0 Å². The molecule has 0 amide bonds. The molecular formula is C13H25NO3. The Morgan fingerprint density at radius 1 is 1.59 bits per heavy atom. The summed E-state index contributed by atoms with van der Waals surface area (Å²) in [6, 6.07) is 0.181. The lowest BCUT2D eigenvalue weighted by molar-refractivity contribution is -0.145. The second-order valence-electron chi connectivity index (χ2n) is 5.28. The van der Waals surface area contributed by atoms with E-state index in [0.717, 1.165) is 25.9 Å². The predicted molar refractivity (Wildman–Crippen MR) is 67.1 cm³/mol. The first-order chi connectivity index (χ1) is 8.00. The monoisotopic (exact) mass is 243 g/mol. The molecule has 2 atom stereocenters. The summed E-state index contributed by atoms with van der Waals surface area (Å²) in [5, 5.41) is 12.6. The summed E-state index contributed by atoms with van der Waals surface area (Å²) < 4.78 is 5.73. The molecule has 0 aliphatic heterocycles. The van der Waals surface area contributed by atoms with Crippen LogP contribution < -0.4 is 5.32 Å². The first kappa shape index (κ1) is 14.5. The maximum absolute atomic E-state index is 11.4. The third kappa shape index (κ3) is 3.96. The highest BCUT2D eigenvalue weighted by molar-refractivity contribution is 5.79. The van der Waals surface area contributed by atoms with E-state index in [-0.39, 0.29) is 12.1 Å². The average molecular weight is 243 g/mol. The first-order valence-corrected chi connectivity index (χ1v) is 6.63. The van der Waals surface area contributed by atoms with Crippen LogP contribution in [0.2, 0.25) is 0 Å². The molecule has 0 bridgehead atoms. The maximum Gasteiger partial charge on any atom is 0.324 e. The second-order valence-corrected chi connectivity index (χ2v) is 5.28. The van der Waals surface area contributed by atoms with Crippen molar-refractivity contribution < 1.29 is 14.6 Å². The fourth-order valence-electron chi connectivity index (χ4n) is 2.48. The highest BCUT2D eigenvalue weighted by atomic mass is 16.5. The number of rotatable bonds is 7. The molecule has 0 saturated heterocycles. The quantitative estimate of drug-likeness (QED) is 0.673. The lowest BCUT2D eigenvalue weighted by Gasteiger charge is -2.28. The Labute approximate surface area is 104 Å². The van der Waals surface area contributed by atoms with E-state index < -0.39 is 11.5 Å². The Kier molecular flexibility index (Phi) is 5.40. The fourth-order valence-corrected chi connectivity index (χ4v) is 2.48. The Hall–Kier alpha value is -0.610. The van der Waals surface area contributed by atoms with Gasteiger partial charge in [-0.05, 0) is 33.1 Å². The Balaban J connectivity index is 2.50. The summed E-state index contributed by atoms with van der Waals surface area (Å²) in [7, 11) is 0. The highest BCUT2D eigenvalue weighted by Crippen LogP contribution is 2.32. The van der Waals surface area contributed by atoms with Gasteiger partial charge in [0.15, 0.2) is 0 Å². The van der Waals surface area contributed by atoms with Gasteiger partial charge in [-0.15, -0.1) is 0 Å². The summed E-state index contributed by atoms with van der Waals surface area (Å²) in [5.41, 5.74) is -0.773. The number of unbranched alkanes of at least 4 members (excludes halogenated alkanes) is 1. The van der Waals surface area contributed by atoms with Crippen molar-refractivity contribution in [1.82, 2.24) is 5.32 Å². The zero-order valence-electron chi connectivity index (χ0n) is 11.2. The molecule has 2 N–H and O–H groups in total. The van der Waals surface area contributed by atoms with Crippen LogP contribution in [0, 0.1) is 0 Å². The van der Waals surface area contributed by atoms with Crippen LogP contribution in [0.4, 0.5) is 0 Å². The molecule has 4 heteroatoms. The fraction of sp³-hybridized carbons (Fsp3) is 0.923. The Morgan fingerprint density at radius 3 is 2.82 bits per heavy atom. The minimum absolute atomic E-state index is 0.101. The minimum atomic E-state index is -0.773. The van der Waals surface area contributed by atoms with E-state index in [1.807, 2.05) is 13.8 Å². The normalized spacial score (nSPS) is 28.8. The molecule has 1 aliphatic carbocycles. The summed E-state index contributed by atoms with van der Waals surface area (Å²) in [5.74, 6) is -0.743. The molecule has 1 fully saturated rings. The third-order valence-corrected chi connectivity index (χ3v) is 3.30. The molecule has 2 unspecified atom stereocenters. The lowest BCUT2D eigenvalue weighted by atomic mass is 9.96. The Morgan fingerprint density at radius 2 is 2.29 bits per heavy atom. The van der Waals surface area contributed by atoms with Crippen molar-refractivity contribution in [1.29, 1.82) is 0 Å². The summed E-state index contributed by atoms with van der Waals surface area (Å²) in [6.07, 6.45) is 4.36. The highest BCUT2D eigenvalue weighted by Gasteiger charge is 2.46. The van der Waals surface area contributed by atoms with Gasteiger partial charge in [0.25, 0.3) is 0 Å². The first-order valence-electron chi connectivity index (χ1n) is 6.63. The zero-order chi connectivity index (χ0) is 12.9. The molecule has 4 nitrogen and oxygen atoms in total. The van der Waals surface area contributed by atoms with Crippen LogP contribution in [-0.4, -0.2) is 35.4 Å². The minimum Gasteiger partial charge on any atom is -0.480 e. The van der Waals surface area contributed by atoms with Crippen molar-refractivity contribution >= 4 is 5.97 Å². The predicted octanol–water partition coefficient (Wildman–Crippen LogP) is 2.18. The smallest absolute Gasteiger partial charge is 0.324 e. The molecule has 100 valence electrons. The van der Waals surface area contributed by atoms with E-state index in [1.165, 1.54) is 0 Å². The molecule has 17 heavy (non-hydrogen) atoms. The van der Waals surface area contributed by atoms with Crippen molar-refractivity contribution in [2.45, 2.75) is 70.6 Å². The number of hydrogen-bond donors (Lipinski definition) is 2. The summed E-state index contributed by atoms with van der Waals surface area (Å²) in [4.78, 5) is 11.4. The average Bonchev–Trinajstić information content (AvgIpc) is 2.62. The van der Waals surface area contributed by atoms with Crippen molar-refractivity contribution in [3.8, 4) is 0 Å². The number of nitrogens with one attached hydrogen (secondary N) is 1. The van der Waals surface area contributed by atoms with Crippen molar-refractivity contribution in [2.75, 3.05) is 6.61 Å². The number of ether oxygens (including phenoxy) is 1. The van der Waals surface area contributed by atoms with Gasteiger partial charge in [0.1, 0.15) is 5.54 Å². The molecule has 1 saturated carbocycles. The molecule has 0 aromatic carbocycles. The van der Waals surface area contributed by atoms with Crippen molar-refractivity contribution in [3.05, 3.63) is 0 Å². The van der Waals surface area contributed by atoms with Crippen LogP contribution in [0.5, 0.6) is 0 Å². The molecule has 0 spiro atoms. The third-order valence-electron chi connectivity index (χ3n) is 3.30. The van der Waals surface area contributed by atoms with Gasteiger partial charge in [-0.25, -0.2) is 0 Å². The topological polar surface area (TPSA) is 58.6 Å². The van der Waals surface area contributed by atoms with Crippen LogP contribution in [0.25, 0.3) is 0 Å². The van der Waals surface area contributed by atoms with Crippen LogP contribution in [0.15, 0.2) is 0 Å².